The molecular weight excluding hydrogens is 687 g/mol. The number of rotatable bonds is 9. The van der Waals surface area contributed by atoms with Gasteiger partial charge in [0.1, 0.15) is 0 Å². The number of hydrogen-bond donors (Lipinski definition) is 0. The van der Waals surface area contributed by atoms with Gasteiger partial charge in [-0.3, -0.25) is 0 Å². The Hall–Kier alpha value is -0.0462. The number of halogens is 2. The molecule has 0 bridgehead atoms. The van der Waals surface area contributed by atoms with E-state index in [-0.39, 0.29) is 7.25 Å². The third-order valence-corrected chi connectivity index (χ3v) is 64.1. The Kier molecular flexibility index (Phi) is 9.65. The fourth-order valence-electron chi connectivity index (χ4n) is 7.47. The molecule has 4 rings (SSSR count). The number of allylic oxidation sites excluding steroid dienone is 4. The molecule has 2 unspecified atom stereocenters. The van der Waals surface area contributed by atoms with Crippen molar-refractivity contribution in [2.45, 2.75) is 114 Å². The van der Waals surface area contributed by atoms with Crippen molar-refractivity contribution >= 4 is 50.7 Å². The maximum atomic E-state index is 8.59. The second-order valence-electron chi connectivity index (χ2n) is 15.3. The molecule has 2 aliphatic carbocycles. The van der Waals surface area contributed by atoms with Gasteiger partial charge in [0.25, 0.3) is 0 Å². The molecule has 0 aromatic heterocycles. The second-order valence-corrected chi connectivity index (χ2v) is 66.9. The molecule has 0 fully saturated rings. The Labute approximate surface area is 267 Å². The summed E-state index contributed by atoms with van der Waals surface area (Å²) in [4.78, 5) is 0. The fraction of sp³-hybridized carbons (Fsp3) is 0.529. The summed E-state index contributed by atoms with van der Waals surface area (Å²) >= 11 is -4.79. The van der Waals surface area contributed by atoms with E-state index in [1.165, 1.54) is 66.8 Å². The first kappa shape index (κ1) is 34.8. The van der Waals surface area contributed by atoms with Gasteiger partial charge in [0.15, 0.2) is 0 Å². The van der Waals surface area contributed by atoms with Gasteiger partial charge in [-0.1, -0.05) is 0 Å². The van der Waals surface area contributed by atoms with E-state index < -0.39 is 38.1 Å². The first-order chi connectivity index (χ1) is 19.1. The van der Waals surface area contributed by atoms with Crippen LogP contribution in [0.2, 0.25) is 52.4 Å². The van der Waals surface area contributed by atoms with Crippen molar-refractivity contribution in [3.05, 3.63) is 79.9 Å². The van der Waals surface area contributed by atoms with Crippen LogP contribution in [0.1, 0.15) is 79.5 Å². The van der Waals surface area contributed by atoms with Crippen LogP contribution in [0, 0.1) is 13.8 Å². The zero-order chi connectivity index (χ0) is 31.8. The zero-order valence-corrected chi connectivity index (χ0v) is 35.7. The van der Waals surface area contributed by atoms with Gasteiger partial charge in [0.2, 0.25) is 0 Å². The van der Waals surface area contributed by atoms with Crippen molar-refractivity contribution in [2.75, 3.05) is 0 Å². The number of aryl methyl sites for hydroxylation is 2. The van der Waals surface area contributed by atoms with Crippen molar-refractivity contribution in [2.24, 2.45) is 0 Å². The molecular formula is C34H53Cl2O2Si3Zr. The van der Waals surface area contributed by atoms with Crippen LogP contribution in [-0.2, 0) is 37.6 Å². The maximum absolute atomic E-state index is 8.59. The van der Waals surface area contributed by atoms with E-state index in [0.717, 1.165) is 0 Å². The molecule has 0 spiro atoms. The van der Waals surface area contributed by atoms with Crippen LogP contribution in [0.25, 0.3) is 11.1 Å². The van der Waals surface area contributed by atoms with E-state index in [0.29, 0.717) is 13.2 Å². The first-order valence-corrected chi connectivity index (χ1v) is 38.7. The quantitative estimate of drug-likeness (QED) is 0.238. The molecule has 0 heterocycles. The van der Waals surface area contributed by atoms with Crippen molar-refractivity contribution in [3.8, 4) is 0 Å². The Bertz CT molecular complexity index is 1390. The summed E-state index contributed by atoms with van der Waals surface area (Å²) in [5.41, 5.74) is 16.2. The molecule has 2 aromatic rings. The van der Waals surface area contributed by atoms with Gasteiger partial charge in [0.05, 0.1) is 0 Å². The third kappa shape index (κ3) is 5.83. The molecule has 42 heavy (non-hydrogen) atoms. The van der Waals surface area contributed by atoms with Gasteiger partial charge in [-0.15, -0.1) is 0 Å². The monoisotopic (exact) mass is 737 g/mol. The van der Waals surface area contributed by atoms with Crippen molar-refractivity contribution in [1.82, 2.24) is 0 Å². The number of benzene rings is 2. The van der Waals surface area contributed by atoms with E-state index in [2.05, 4.69) is 118 Å². The van der Waals surface area contributed by atoms with Crippen molar-refractivity contribution in [3.63, 3.8) is 0 Å². The van der Waals surface area contributed by atoms with Gasteiger partial charge in [-0.25, -0.2) is 0 Å². The average molecular weight is 740 g/mol. The van der Waals surface area contributed by atoms with Gasteiger partial charge >= 0.3 is 269 Å². The molecule has 0 saturated heterocycles. The molecule has 2 nitrogen and oxygen atoms in total. The van der Waals surface area contributed by atoms with E-state index in [1.54, 1.807) is 0 Å². The normalized spacial score (nSPS) is 20.4. The molecule has 0 N–H and O–H groups in total. The van der Waals surface area contributed by atoms with Crippen molar-refractivity contribution in [1.29, 1.82) is 0 Å². The first-order valence-electron chi connectivity index (χ1n) is 15.6. The zero-order valence-electron chi connectivity index (χ0n) is 28.5. The van der Waals surface area contributed by atoms with Crippen molar-refractivity contribution < 1.29 is 24.4 Å². The summed E-state index contributed by atoms with van der Waals surface area (Å²) in [6.07, 6.45) is 0. The molecule has 0 aliphatic heterocycles. The Morgan fingerprint density at radius 2 is 0.976 bits per heavy atom. The van der Waals surface area contributed by atoms with E-state index in [4.69, 9.17) is 25.9 Å². The van der Waals surface area contributed by atoms with Crippen LogP contribution >= 0.6 is 17.0 Å². The van der Waals surface area contributed by atoms with Gasteiger partial charge in [-0.2, -0.15) is 0 Å². The molecule has 2 aromatic carbocycles. The molecule has 8 heteroatoms. The van der Waals surface area contributed by atoms with E-state index in [1.807, 2.05) is 0 Å². The Morgan fingerprint density at radius 3 is 1.26 bits per heavy atom. The average Bonchev–Trinajstić information content (AvgIpc) is 3.30. The summed E-state index contributed by atoms with van der Waals surface area (Å²) < 4.78 is 13.1. The summed E-state index contributed by atoms with van der Waals surface area (Å²) in [5, 5.41) is 0. The van der Waals surface area contributed by atoms with Gasteiger partial charge < -0.3 is 0 Å². The summed E-state index contributed by atoms with van der Waals surface area (Å²) in [6, 6.07) is 9.14. The molecule has 2 atom stereocenters. The predicted molar refractivity (Wildman–Crippen MR) is 191 cm³/mol. The minimum atomic E-state index is -4.79. The standard InChI is InChI=1S/2C16H23OSi.C2H7Si.2ClH.Zr/c2*1-11-7-8-14(10-17-18(4,5)6)16-13(3)12(2)9-15(11)16;1-3-2;;;/h2*7-9H,10H2,1-6H3;3H,1-2H3;2*1H;/q;;;;;+2/p-2. The summed E-state index contributed by atoms with van der Waals surface area (Å²) in [6.45, 7) is 33.5. The molecule has 0 saturated carbocycles. The van der Waals surface area contributed by atoms with Crippen LogP contribution < -0.4 is 0 Å². The molecule has 231 valence electrons. The number of hydrogen-bond acceptors (Lipinski definition) is 2. The van der Waals surface area contributed by atoms with Crippen LogP contribution in [0.3, 0.4) is 0 Å². The predicted octanol–water partition coefficient (Wildman–Crippen LogP) is 11.4. The number of fused-ring (bicyclic) bond motifs is 2. The Balaban J connectivity index is 1.99. The van der Waals surface area contributed by atoms with Crippen LogP contribution in [0.15, 0.2) is 35.4 Å². The molecule has 0 amide bonds. The van der Waals surface area contributed by atoms with E-state index >= 15 is 0 Å². The topological polar surface area (TPSA) is 18.5 Å². The van der Waals surface area contributed by atoms with Crippen LogP contribution in [-0.4, -0.2) is 22.6 Å². The van der Waals surface area contributed by atoms with Gasteiger partial charge in [-0.05, 0) is 0 Å². The SMILES string of the molecule is CC1=C(C)[CH]([Zr]([Cl])([Cl])([CH]2C(C)=C(C)c3c(CO[Si](C)(C)C)ccc(C)c32)[SiH](C)C)c2c(C)ccc(CO[Si](C)(C)C)c21. The fourth-order valence-corrected chi connectivity index (χ4v) is 41.7. The summed E-state index contributed by atoms with van der Waals surface area (Å²) in [7, 11) is 13.8. The summed E-state index contributed by atoms with van der Waals surface area (Å²) in [5.74, 6) is -1.61. The third-order valence-electron chi connectivity index (χ3n) is 10.0. The van der Waals surface area contributed by atoms with Crippen LogP contribution in [0.4, 0.5) is 0 Å². The second kappa shape index (κ2) is 11.6. The van der Waals surface area contributed by atoms with Crippen LogP contribution in [0.5, 0.6) is 0 Å². The molecule has 0 radical (unpaired) electrons. The van der Waals surface area contributed by atoms with E-state index in [9.17, 15) is 0 Å². The minimum absolute atomic E-state index is 0.100. The molecule has 2 aliphatic rings. The Morgan fingerprint density at radius 1 is 0.643 bits per heavy atom. The van der Waals surface area contributed by atoms with Gasteiger partial charge in [0, 0.05) is 0 Å².